The number of benzene rings is 2. The van der Waals surface area contributed by atoms with E-state index in [9.17, 15) is 9.59 Å². The first-order chi connectivity index (χ1) is 12.5. The average Bonchev–Trinajstić information content (AvgIpc) is 3.07. The molecule has 1 heterocycles. The van der Waals surface area contributed by atoms with Crippen molar-refractivity contribution in [3.05, 3.63) is 47.5 Å². The molecule has 6 nitrogen and oxygen atoms in total. The number of carbonyl (C=O) groups excluding carboxylic acids is 2. The maximum atomic E-state index is 11.9. The second-order valence-electron chi connectivity index (χ2n) is 5.83. The van der Waals surface area contributed by atoms with Gasteiger partial charge in [-0.2, -0.15) is 0 Å². The summed E-state index contributed by atoms with van der Waals surface area (Å²) in [5, 5.41) is 2.66. The van der Waals surface area contributed by atoms with Crippen LogP contribution in [0.2, 0.25) is 0 Å². The third kappa shape index (κ3) is 4.70. The van der Waals surface area contributed by atoms with Gasteiger partial charge in [0.25, 0.3) is 5.91 Å². The standard InChI is InChI=1S/C19H19NO5S/c1-12-3-6-17(13(2)7-12)26-10-19(22)23-9-18(21)20-14-4-5-15-16(8-14)25-11-24-15/h3-8H,9-11H2,1-2H3,(H,20,21). The van der Waals surface area contributed by atoms with Gasteiger partial charge < -0.3 is 19.5 Å². The normalized spacial score (nSPS) is 11.9. The number of fused-ring (bicyclic) bond motifs is 1. The van der Waals surface area contributed by atoms with E-state index in [1.807, 2.05) is 26.0 Å². The zero-order valence-electron chi connectivity index (χ0n) is 14.5. The van der Waals surface area contributed by atoms with Crippen LogP contribution >= 0.6 is 11.8 Å². The van der Waals surface area contributed by atoms with Crippen LogP contribution in [0.3, 0.4) is 0 Å². The maximum absolute atomic E-state index is 11.9. The molecular weight excluding hydrogens is 354 g/mol. The minimum Gasteiger partial charge on any atom is -0.455 e. The number of nitrogens with one attached hydrogen (secondary N) is 1. The molecule has 1 aliphatic rings. The summed E-state index contributed by atoms with van der Waals surface area (Å²) in [6.07, 6.45) is 0. The molecular formula is C19H19NO5S. The second kappa shape index (κ2) is 8.14. The fraction of sp³-hybridized carbons (Fsp3) is 0.263. The lowest BCUT2D eigenvalue weighted by Crippen LogP contribution is -2.21. The van der Waals surface area contributed by atoms with Crippen LogP contribution in [0.25, 0.3) is 0 Å². The molecule has 0 aliphatic carbocycles. The van der Waals surface area contributed by atoms with Crippen LogP contribution in [0, 0.1) is 13.8 Å². The van der Waals surface area contributed by atoms with Gasteiger partial charge in [-0.15, -0.1) is 11.8 Å². The molecule has 0 fully saturated rings. The number of hydrogen-bond acceptors (Lipinski definition) is 6. The van der Waals surface area contributed by atoms with Crippen molar-refractivity contribution in [2.45, 2.75) is 18.7 Å². The van der Waals surface area contributed by atoms with Gasteiger partial charge in [0.05, 0.1) is 5.75 Å². The average molecular weight is 373 g/mol. The Morgan fingerprint density at radius 1 is 1.12 bits per heavy atom. The molecule has 1 amide bonds. The molecule has 0 atom stereocenters. The van der Waals surface area contributed by atoms with Crippen molar-refractivity contribution in [2.75, 3.05) is 24.5 Å². The number of aryl methyl sites for hydroxylation is 2. The maximum Gasteiger partial charge on any atom is 0.316 e. The quantitative estimate of drug-likeness (QED) is 0.619. The number of thioether (sulfide) groups is 1. The molecule has 1 N–H and O–H groups in total. The van der Waals surface area contributed by atoms with E-state index >= 15 is 0 Å². The van der Waals surface area contributed by atoms with Crippen molar-refractivity contribution in [2.24, 2.45) is 0 Å². The molecule has 0 saturated heterocycles. The number of ether oxygens (including phenoxy) is 3. The Kier molecular flexibility index (Phi) is 5.68. The number of rotatable bonds is 6. The Hall–Kier alpha value is -2.67. The lowest BCUT2D eigenvalue weighted by atomic mass is 10.2. The summed E-state index contributed by atoms with van der Waals surface area (Å²) in [4.78, 5) is 24.8. The van der Waals surface area contributed by atoms with Gasteiger partial charge >= 0.3 is 5.97 Å². The highest BCUT2D eigenvalue weighted by atomic mass is 32.2. The van der Waals surface area contributed by atoms with Gasteiger partial charge in [-0.3, -0.25) is 9.59 Å². The predicted molar refractivity (Wildman–Crippen MR) is 98.8 cm³/mol. The summed E-state index contributed by atoms with van der Waals surface area (Å²) in [5.74, 6) is 0.522. The highest BCUT2D eigenvalue weighted by Gasteiger charge is 2.15. The fourth-order valence-corrected chi connectivity index (χ4v) is 3.26. The molecule has 0 unspecified atom stereocenters. The number of hydrogen-bond donors (Lipinski definition) is 1. The van der Waals surface area contributed by atoms with Gasteiger partial charge in [-0.25, -0.2) is 0 Å². The molecule has 7 heteroatoms. The van der Waals surface area contributed by atoms with E-state index in [2.05, 4.69) is 11.4 Å². The molecule has 0 aromatic heterocycles. The van der Waals surface area contributed by atoms with Crippen molar-refractivity contribution in [1.82, 2.24) is 0 Å². The Labute approximate surface area is 155 Å². The first-order valence-electron chi connectivity index (χ1n) is 8.06. The van der Waals surface area contributed by atoms with E-state index < -0.39 is 11.9 Å². The highest BCUT2D eigenvalue weighted by Crippen LogP contribution is 2.34. The van der Waals surface area contributed by atoms with E-state index in [0.29, 0.717) is 17.2 Å². The van der Waals surface area contributed by atoms with E-state index in [0.717, 1.165) is 10.5 Å². The van der Waals surface area contributed by atoms with Crippen molar-refractivity contribution in [3.8, 4) is 11.5 Å². The Morgan fingerprint density at radius 2 is 1.92 bits per heavy atom. The minimum absolute atomic E-state index is 0.154. The van der Waals surface area contributed by atoms with Crippen LogP contribution < -0.4 is 14.8 Å². The van der Waals surface area contributed by atoms with E-state index in [1.54, 1.807) is 18.2 Å². The number of esters is 1. The van der Waals surface area contributed by atoms with Gasteiger partial charge in [0.1, 0.15) is 0 Å². The lowest BCUT2D eigenvalue weighted by molar-refractivity contribution is -0.144. The van der Waals surface area contributed by atoms with Crippen LogP contribution in [0.5, 0.6) is 11.5 Å². The van der Waals surface area contributed by atoms with E-state index in [4.69, 9.17) is 14.2 Å². The molecule has 0 spiro atoms. The van der Waals surface area contributed by atoms with E-state index in [1.165, 1.54) is 17.3 Å². The third-order valence-electron chi connectivity index (χ3n) is 3.70. The van der Waals surface area contributed by atoms with Crippen molar-refractivity contribution in [1.29, 1.82) is 0 Å². The number of amides is 1. The zero-order chi connectivity index (χ0) is 18.5. The summed E-state index contributed by atoms with van der Waals surface area (Å²) >= 11 is 1.40. The SMILES string of the molecule is Cc1ccc(SCC(=O)OCC(=O)Nc2ccc3c(c2)OCO3)c(C)c1. The molecule has 26 heavy (non-hydrogen) atoms. The highest BCUT2D eigenvalue weighted by molar-refractivity contribution is 8.00. The van der Waals surface area contributed by atoms with Gasteiger partial charge in [-0.05, 0) is 37.6 Å². The minimum atomic E-state index is -0.434. The van der Waals surface area contributed by atoms with Crippen LogP contribution in [0.4, 0.5) is 5.69 Å². The van der Waals surface area contributed by atoms with Crippen LogP contribution in [-0.2, 0) is 14.3 Å². The summed E-state index contributed by atoms with van der Waals surface area (Å²) in [6, 6.07) is 11.1. The van der Waals surface area contributed by atoms with Crippen LogP contribution in [0.1, 0.15) is 11.1 Å². The smallest absolute Gasteiger partial charge is 0.316 e. The summed E-state index contributed by atoms with van der Waals surface area (Å²) in [6.45, 7) is 3.86. The summed E-state index contributed by atoms with van der Waals surface area (Å²) < 4.78 is 15.5. The molecule has 136 valence electrons. The van der Waals surface area contributed by atoms with Crippen molar-refractivity contribution < 1.29 is 23.8 Å². The lowest BCUT2D eigenvalue weighted by Gasteiger charge is -2.08. The predicted octanol–water partition coefficient (Wildman–Crippen LogP) is 3.31. The molecule has 0 saturated carbocycles. The zero-order valence-corrected chi connectivity index (χ0v) is 15.4. The second-order valence-corrected chi connectivity index (χ2v) is 6.85. The van der Waals surface area contributed by atoms with Crippen LogP contribution in [0.15, 0.2) is 41.3 Å². The molecule has 1 aliphatic heterocycles. The summed E-state index contributed by atoms with van der Waals surface area (Å²) in [5.41, 5.74) is 2.85. The largest absolute Gasteiger partial charge is 0.455 e. The Morgan fingerprint density at radius 3 is 2.73 bits per heavy atom. The first kappa shape index (κ1) is 18.1. The van der Waals surface area contributed by atoms with Gasteiger partial charge in [0.2, 0.25) is 6.79 Å². The molecule has 2 aromatic carbocycles. The van der Waals surface area contributed by atoms with Crippen LogP contribution in [-0.4, -0.2) is 31.0 Å². The van der Waals surface area contributed by atoms with Crippen molar-refractivity contribution >= 4 is 29.3 Å². The fourth-order valence-electron chi connectivity index (χ4n) is 2.46. The van der Waals surface area contributed by atoms with Crippen molar-refractivity contribution in [3.63, 3.8) is 0 Å². The monoisotopic (exact) mass is 373 g/mol. The van der Waals surface area contributed by atoms with E-state index in [-0.39, 0.29) is 19.2 Å². The molecule has 3 rings (SSSR count). The number of anilines is 1. The molecule has 0 radical (unpaired) electrons. The topological polar surface area (TPSA) is 73.9 Å². The summed E-state index contributed by atoms with van der Waals surface area (Å²) in [7, 11) is 0. The number of carbonyl (C=O) groups is 2. The van der Waals surface area contributed by atoms with Gasteiger partial charge in [0.15, 0.2) is 18.1 Å². The van der Waals surface area contributed by atoms with Gasteiger partial charge in [0, 0.05) is 16.6 Å². The Balaban J connectivity index is 1.43. The third-order valence-corrected chi connectivity index (χ3v) is 4.85. The first-order valence-corrected chi connectivity index (χ1v) is 9.05. The Bertz CT molecular complexity index is 837. The molecule has 0 bridgehead atoms. The van der Waals surface area contributed by atoms with Gasteiger partial charge in [-0.1, -0.05) is 17.7 Å². The molecule has 2 aromatic rings.